The summed E-state index contributed by atoms with van der Waals surface area (Å²) in [6, 6.07) is 5.53. The van der Waals surface area contributed by atoms with E-state index in [1.165, 1.54) is 7.11 Å². The van der Waals surface area contributed by atoms with Crippen molar-refractivity contribution in [2.45, 2.75) is 12.5 Å². The third-order valence-corrected chi connectivity index (χ3v) is 4.77. The van der Waals surface area contributed by atoms with Gasteiger partial charge in [0.25, 0.3) is 5.91 Å². The quantitative estimate of drug-likeness (QED) is 0.813. The first-order valence-corrected chi connectivity index (χ1v) is 8.14. The van der Waals surface area contributed by atoms with Crippen molar-refractivity contribution in [3.63, 3.8) is 0 Å². The fourth-order valence-corrected chi connectivity index (χ4v) is 3.74. The molecule has 0 radical (unpaired) electrons. The summed E-state index contributed by atoms with van der Waals surface area (Å²) in [6.07, 6.45) is 1.02. The lowest BCUT2D eigenvalue weighted by atomic mass is 10.1. The molecule has 1 saturated heterocycles. The Hall–Kier alpha value is -1.40. The zero-order valence-corrected chi connectivity index (χ0v) is 13.3. The normalized spacial score (nSPS) is 17.7. The molecule has 1 aromatic rings. The number of carbonyl (C=O) groups excluding carboxylic acids is 1. The third kappa shape index (κ3) is 3.63. The van der Waals surface area contributed by atoms with Gasteiger partial charge in [-0.3, -0.25) is 4.79 Å². The fraction of sp³-hybridized carbons (Fsp3) is 0.533. The topological polar surface area (TPSA) is 64.8 Å². The summed E-state index contributed by atoms with van der Waals surface area (Å²) in [5.74, 6) is 2.48. The summed E-state index contributed by atoms with van der Waals surface area (Å²) in [6.45, 7) is 1.11. The van der Waals surface area contributed by atoms with E-state index in [9.17, 15) is 4.79 Å². The third-order valence-electron chi connectivity index (χ3n) is 3.62. The van der Waals surface area contributed by atoms with Crippen molar-refractivity contribution in [3.8, 4) is 5.75 Å². The van der Waals surface area contributed by atoms with Crippen LogP contribution in [0, 0.1) is 0 Å². The Morgan fingerprint density at radius 2 is 2.29 bits per heavy atom. The number of hydrogen-bond donors (Lipinski definition) is 1. The summed E-state index contributed by atoms with van der Waals surface area (Å²) in [4.78, 5) is 14.8. The first-order valence-electron chi connectivity index (χ1n) is 6.99. The van der Waals surface area contributed by atoms with E-state index in [-0.39, 0.29) is 11.9 Å². The number of benzene rings is 1. The summed E-state index contributed by atoms with van der Waals surface area (Å²) in [5.41, 5.74) is 6.90. The molecule has 0 aliphatic carbocycles. The van der Waals surface area contributed by atoms with E-state index in [1.54, 1.807) is 25.3 Å². The molecule has 1 aliphatic heterocycles. The molecule has 0 aromatic heterocycles. The molecule has 1 unspecified atom stereocenters. The van der Waals surface area contributed by atoms with Crippen LogP contribution in [0.4, 0.5) is 5.69 Å². The van der Waals surface area contributed by atoms with Gasteiger partial charge >= 0.3 is 0 Å². The molecule has 116 valence electrons. The summed E-state index contributed by atoms with van der Waals surface area (Å²) in [7, 11) is 3.18. The number of nitrogens with zero attached hydrogens (tertiary/aromatic N) is 1. The summed E-state index contributed by atoms with van der Waals surface area (Å²) in [5, 5.41) is 0. The number of amides is 1. The Labute approximate surface area is 129 Å². The molecular formula is C15H22N2O3S. The fourth-order valence-electron chi connectivity index (χ4n) is 2.51. The van der Waals surface area contributed by atoms with Crippen molar-refractivity contribution < 1.29 is 14.3 Å². The second-order valence-corrected chi connectivity index (χ2v) is 6.09. The van der Waals surface area contributed by atoms with Gasteiger partial charge < -0.3 is 20.1 Å². The maximum absolute atomic E-state index is 12.9. The van der Waals surface area contributed by atoms with Gasteiger partial charge in [-0.15, -0.1) is 0 Å². The highest BCUT2D eigenvalue weighted by Gasteiger charge is 2.29. The Morgan fingerprint density at radius 3 is 2.90 bits per heavy atom. The molecule has 5 nitrogen and oxygen atoms in total. The molecule has 1 amide bonds. The van der Waals surface area contributed by atoms with Gasteiger partial charge in [0.05, 0.1) is 25.0 Å². The maximum Gasteiger partial charge on any atom is 0.258 e. The molecule has 0 bridgehead atoms. The SMILES string of the molecule is COCCN(C(=O)c1cccc(N)c1OC)C1CCSC1. The number of thioether (sulfide) groups is 1. The number of carbonyl (C=O) groups is 1. The molecular weight excluding hydrogens is 288 g/mol. The Balaban J connectivity index is 2.26. The number of methoxy groups -OCH3 is 2. The molecule has 21 heavy (non-hydrogen) atoms. The van der Waals surface area contributed by atoms with E-state index in [1.807, 2.05) is 16.7 Å². The lowest BCUT2D eigenvalue weighted by Crippen LogP contribution is -2.42. The van der Waals surface area contributed by atoms with Crippen molar-refractivity contribution in [2.24, 2.45) is 0 Å². The molecule has 1 fully saturated rings. The van der Waals surface area contributed by atoms with Gasteiger partial charge in [-0.2, -0.15) is 11.8 Å². The van der Waals surface area contributed by atoms with E-state index in [0.29, 0.717) is 30.2 Å². The van der Waals surface area contributed by atoms with Crippen LogP contribution in [-0.4, -0.2) is 55.7 Å². The molecule has 1 aliphatic rings. The zero-order chi connectivity index (χ0) is 15.2. The van der Waals surface area contributed by atoms with Crippen LogP contribution in [0.1, 0.15) is 16.8 Å². The number of nitrogen functional groups attached to an aromatic ring is 1. The van der Waals surface area contributed by atoms with Crippen molar-refractivity contribution >= 4 is 23.4 Å². The van der Waals surface area contributed by atoms with E-state index in [4.69, 9.17) is 15.2 Å². The summed E-state index contributed by atoms with van der Waals surface area (Å²) < 4.78 is 10.4. The highest BCUT2D eigenvalue weighted by Crippen LogP contribution is 2.29. The van der Waals surface area contributed by atoms with Crippen LogP contribution in [0.5, 0.6) is 5.75 Å². The minimum atomic E-state index is -0.0382. The van der Waals surface area contributed by atoms with E-state index in [2.05, 4.69) is 0 Å². The van der Waals surface area contributed by atoms with Crippen LogP contribution in [-0.2, 0) is 4.74 Å². The smallest absolute Gasteiger partial charge is 0.258 e. The molecule has 1 atom stereocenters. The maximum atomic E-state index is 12.9. The van der Waals surface area contributed by atoms with Gasteiger partial charge in [0.15, 0.2) is 5.75 Å². The Morgan fingerprint density at radius 1 is 1.48 bits per heavy atom. The van der Waals surface area contributed by atoms with Crippen LogP contribution in [0.3, 0.4) is 0 Å². The number of para-hydroxylation sites is 1. The van der Waals surface area contributed by atoms with Crippen molar-refractivity contribution in [1.29, 1.82) is 0 Å². The molecule has 6 heteroatoms. The number of anilines is 1. The molecule has 1 heterocycles. The minimum absolute atomic E-state index is 0.0382. The van der Waals surface area contributed by atoms with Crippen LogP contribution in [0.15, 0.2) is 18.2 Å². The lowest BCUT2D eigenvalue weighted by Gasteiger charge is -2.29. The standard InChI is InChI=1S/C15H22N2O3S/c1-19-8-7-17(11-6-9-21-10-11)15(18)12-4-3-5-13(16)14(12)20-2/h3-5,11H,6-10,16H2,1-2H3. The van der Waals surface area contributed by atoms with Crippen LogP contribution >= 0.6 is 11.8 Å². The largest absolute Gasteiger partial charge is 0.494 e. The van der Waals surface area contributed by atoms with Gasteiger partial charge in [-0.1, -0.05) is 6.07 Å². The van der Waals surface area contributed by atoms with Crippen LogP contribution in [0.2, 0.25) is 0 Å². The summed E-state index contributed by atoms with van der Waals surface area (Å²) >= 11 is 1.88. The monoisotopic (exact) mass is 310 g/mol. The second-order valence-electron chi connectivity index (χ2n) is 4.94. The Kier molecular flexibility index (Phi) is 5.76. The number of rotatable bonds is 6. The molecule has 0 saturated carbocycles. The first-order chi connectivity index (χ1) is 10.2. The van der Waals surface area contributed by atoms with Crippen molar-refractivity contribution in [1.82, 2.24) is 4.90 Å². The van der Waals surface area contributed by atoms with E-state index >= 15 is 0 Å². The van der Waals surface area contributed by atoms with Crippen molar-refractivity contribution in [3.05, 3.63) is 23.8 Å². The number of hydrogen-bond acceptors (Lipinski definition) is 5. The predicted octanol–water partition coefficient (Wildman–Crippen LogP) is 1.87. The minimum Gasteiger partial charge on any atom is -0.494 e. The average Bonchev–Trinajstić information content (AvgIpc) is 3.01. The van der Waals surface area contributed by atoms with Gasteiger partial charge in [0, 0.05) is 25.4 Å². The number of nitrogens with two attached hydrogens (primary N) is 1. The highest BCUT2D eigenvalue weighted by atomic mass is 32.2. The lowest BCUT2D eigenvalue weighted by molar-refractivity contribution is 0.0621. The van der Waals surface area contributed by atoms with E-state index in [0.717, 1.165) is 17.9 Å². The van der Waals surface area contributed by atoms with Gasteiger partial charge in [-0.25, -0.2) is 0 Å². The van der Waals surface area contributed by atoms with E-state index < -0.39 is 0 Å². The molecule has 2 rings (SSSR count). The molecule has 2 N–H and O–H groups in total. The number of ether oxygens (including phenoxy) is 2. The first kappa shape index (κ1) is 16.0. The van der Waals surface area contributed by atoms with Crippen LogP contribution in [0.25, 0.3) is 0 Å². The second kappa shape index (κ2) is 7.56. The highest BCUT2D eigenvalue weighted by molar-refractivity contribution is 7.99. The van der Waals surface area contributed by atoms with Crippen LogP contribution < -0.4 is 10.5 Å². The molecule has 0 spiro atoms. The predicted molar refractivity (Wildman–Crippen MR) is 86.0 cm³/mol. The van der Waals surface area contributed by atoms with Gasteiger partial charge in [0.1, 0.15) is 0 Å². The Bertz CT molecular complexity index is 490. The average molecular weight is 310 g/mol. The van der Waals surface area contributed by atoms with Gasteiger partial charge in [0.2, 0.25) is 0 Å². The zero-order valence-electron chi connectivity index (χ0n) is 12.5. The molecule has 1 aromatic carbocycles. The van der Waals surface area contributed by atoms with Gasteiger partial charge in [-0.05, 0) is 24.3 Å². The van der Waals surface area contributed by atoms with Crippen molar-refractivity contribution in [2.75, 3.05) is 44.6 Å².